The quantitative estimate of drug-likeness (QED) is 0.868. The van der Waals surface area contributed by atoms with Gasteiger partial charge in [0.05, 0.1) is 0 Å². The van der Waals surface area contributed by atoms with Crippen LogP contribution in [0.4, 0.5) is 0 Å². The van der Waals surface area contributed by atoms with E-state index in [1.54, 1.807) is 0 Å². The highest BCUT2D eigenvalue weighted by Gasteiger charge is 2.24. The molecule has 0 amide bonds. The summed E-state index contributed by atoms with van der Waals surface area (Å²) in [7, 11) is 0. The summed E-state index contributed by atoms with van der Waals surface area (Å²) in [5, 5.41) is 10.1. The average molecular weight is 256 g/mol. The summed E-state index contributed by atoms with van der Waals surface area (Å²) in [5.41, 5.74) is 1.68. The van der Waals surface area contributed by atoms with Gasteiger partial charge in [-0.3, -0.25) is 4.79 Å². The fourth-order valence-corrected chi connectivity index (χ4v) is 2.45. The molecule has 0 aliphatic heterocycles. The molecule has 4 heteroatoms. The third-order valence-corrected chi connectivity index (χ3v) is 3.82. The Bertz CT molecular complexity index is 672. The second-order valence-corrected chi connectivity index (χ2v) is 5.09. The lowest BCUT2D eigenvalue weighted by molar-refractivity contribution is 0.387. The highest BCUT2D eigenvalue weighted by atomic mass is 16.3. The second kappa shape index (κ2) is 4.53. The summed E-state index contributed by atoms with van der Waals surface area (Å²) in [4.78, 5) is 19.2. The number of nitrogens with one attached hydrogen (secondary N) is 1. The molecule has 98 valence electrons. The maximum Gasteiger partial charge on any atom is 0.262 e. The van der Waals surface area contributed by atoms with Crippen molar-refractivity contribution in [3.05, 3.63) is 46.0 Å². The number of nitrogens with zero attached hydrogens (tertiary/aromatic N) is 1. The van der Waals surface area contributed by atoms with Crippen LogP contribution < -0.4 is 5.56 Å². The van der Waals surface area contributed by atoms with E-state index < -0.39 is 0 Å². The van der Waals surface area contributed by atoms with Crippen LogP contribution in [0, 0.1) is 6.92 Å². The molecule has 0 unspecified atom stereocenters. The highest BCUT2D eigenvalue weighted by molar-refractivity contribution is 5.70. The average Bonchev–Trinajstić information content (AvgIpc) is 2.28. The molecule has 2 aromatic rings. The van der Waals surface area contributed by atoms with E-state index in [1.807, 2.05) is 31.2 Å². The molecule has 0 radical (unpaired) electrons. The van der Waals surface area contributed by atoms with Gasteiger partial charge in [-0.15, -0.1) is 0 Å². The van der Waals surface area contributed by atoms with Crippen molar-refractivity contribution in [2.75, 3.05) is 0 Å². The van der Waals surface area contributed by atoms with Crippen LogP contribution in [0.15, 0.2) is 29.1 Å². The maximum absolute atomic E-state index is 12.2. The van der Waals surface area contributed by atoms with Crippen LogP contribution in [0.1, 0.15) is 36.6 Å². The molecule has 0 bridgehead atoms. The van der Waals surface area contributed by atoms with E-state index in [9.17, 15) is 9.90 Å². The fraction of sp³-hybridized carbons (Fsp3) is 0.333. The first-order chi connectivity index (χ1) is 9.16. The number of aromatic amines is 1. The molecule has 1 aromatic carbocycles. The van der Waals surface area contributed by atoms with Gasteiger partial charge in [0.1, 0.15) is 11.4 Å². The summed E-state index contributed by atoms with van der Waals surface area (Å²) in [6.45, 7) is 1.91. The van der Waals surface area contributed by atoms with Crippen LogP contribution >= 0.6 is 0 Å². The molecule has 1 aliphatic rings. The predicted octanol–water partition coefficient (Wildman–Crippen LogP) is 2.72. The first-order valence-corrected chi connectivity index (χ1v) is 6.56. The van der Waals surface area contributed by atoms with Crippen molar-refractivity contribution in [2.45, 2.75) is 32.1 Å². The van der Waals surface area contributed by atoms with Gasteiger partial charge in [0, 0.05) is 5.92 Å². The minimum atomic E-state index is -0.260. The third-order valence-electron chi connectivity index (χ3n) is 3.82. The first kappa shape index (κ1) is 12.0. The lowest BCUT2D eigenvalue weighted by Crippen LogP contribution is -2.20. The first-order valence-electron chi connectivity index (χ1n) is 6.56. The molecule has 2 N–H and O–H groups in total. The number of benzene rings is 1. The molecule has 0 atom stereocenters. The normalized spacial score (nSPS) is 15.2. The summed E-state index contributed by atoms with van der Waals surface area (Å²) in [5.74, 6) is 0.746. The SMILES string of the molecule is Cc1ccccc1-c1c(O)nc(C2CCC2)[nH]c1=O. The van der Waals surface area contributed by atoms with Crippen LogP contribution in [-0.4, -0.2) is 15.1 Å². The van der Waals surface area contributed by atoms with Gasteiger partial charge in [0.25, 0.3) is 5.56 Å². The number of hydrogen-bond donors (Lipinski definition) is 2. The Morgan fingerprint density at radius 2 is 2.05 bits per heavy atom. The Kier molecular flexibility index (Phi) is 2.85. The van der Waals surface area contributed by atoms with E-state index in [0.717, 1.165) is 30.4 Å². The maximum atomic E-state index is 12.2. The van der Waals surface area contributed by atoms with E-state index in [1.165, 1.54) is 0 Å². The van der Waals surface area contributed by atoms with Crippen molar-refractivity contribution >= 4 is 0 Å². The van der Waals surface area contributed by atoms with Crippen molar-refractivity contribution in [3.8, 4) is 17.0 Å². The Morgan fingerprint density at radius 1 is 1.32 bits per heavy atom. The standard InChI is InChI=1S/C15H16N2O2/c1-9-5-2-3-8-11(9)12-14(18)16-13(17-15(12)19)10-6-4-7-10/h2-3,5,8,10H,4,6-7H2,1H3,(H2,16,17,18,19). The molecular formula is C15H16N2O2. The van der Waals surface area contributed by atoms with Crippen LogP contribution in [0.3, 0.4) is 0 Å². The van der Waals surface area contributed by atoms with E-state index in [-0.39, 0.29) is 17.0 Å². The molecular weight excluding hydrogens is 240 g/mol. The van der Waals surface area contributed by atoms with Crippen LogP contribution in [0.5, 0.6) is 5.88 Å². The molecule has 1 aromatic heterocycles. The zero-order valence-electron chi connectivity index (χ0n) is 10.8. The van der Waals surface area contributed by atoms with E-state index in [4.69, 9.17) is 0 Å². The van der Waals surface area contributed by atoms with Crippen LogP contribution in [0.2, 0.25) is 0 Å². The zero-order valence-corrected chi connectivity index (χ0v) is 10.8. The van der Waals surface area contributed by atoms with Crippen molar-refractivity contribution < 1.29 is 5.11 Å². The van der Waals surface area contributed by atoms with Gasteiger partial charge in [-0.1, -0.05) is 30.7 Å². The van der Waals surface area contributed by atoms with Crippen molar-refractivity contribution in [3.63, 3.8) is 0 Å². The van der Waals surface area contributed by atoms with Crippen LogP contribution in [-0.2, 0) is 0 Å². The van der Waals surface area contributed by atoms with E-state index >= 15 is 0 Å². The van der Waals surface area contributed by atoms with E-state index in [0.29, 0.717) is 11.7 Å². The Morgan fingerprint density at radius 3 is 2.63 bits per heavy atom. The highest BCUT2D eigenvalue weighted by Crippen LogP contribution is 2.35. The Labute approximate surface area is 111 Å². The van der Waals surface area contributed by atoms with Gasteiger partial charge in [-0.2, -0.15) is 4.98 Å². The molecule has 3 rings (SSSR count). The zero-order chi connectivity index (χ0) is 13.4. The topological polar surface area (TPSA) is 66.0 Å². The number of H-pyrrole nitrogens is 1. The number of aryl methyl sites for hydroxylation is 1. The lowest BCUT2D eigenvalue weighted by Gasteiger charge is -2.24. The van der Waals surface area contributed by atoms with Crippen molar-refractivity contribution in [1.29, 1.82) is 0 Å². The number of aromatic nitrogens is 2. The van der Waals surface area contributed by atoms with Crippen LogP contribution in [0.25, 0.3) is 11.1 Å². The monoisotopic (exact) mass is 256 g/mol. The molecule has 1 aliphatic carbocycles. The number of hydrogen-bond acceptors (Lipinski definition) is 3. The van der Waals surface area contributed by atoms with Gasteiger partial charge >= 0.3 is 0 Å². The molecule has 0 spiro atoms. The molecule has 1 fully saturated rings. The smallest absolute Gasteiger partial charge is 0.262 e. The van der Waals surface area contributed by atoms with Crippen molar-refractivity contribution in [1.82, 2.24) is 9.97 Å². The Balaban J connectivity index is 2.12. The minimum Gasteiger partial charge on any atom is -0.493 e. The second-order valence-electron chi connectivity index (χ2n) is 5.09. The summed E-state index contributed by atoms with van der Waals surface area (Å²) in [6, 6.07) is 7.49. The predicted molar refractivity (Wildman–Crippen MR) is 73.3 cm³/mol. The Hall–Kier alpha value is -2.10. The molecule has 19 heavy (non-hydrogen) atoms. The fourth-order valence-electron chi connectivity index (χ4n) is 2.45. The van der Waals surface area contributed by atoms with Gasteiger partial charge in [-0.05, 0) is 30.9 Å². The van der Waals surface area contributed by atoms with Gasteiger partial charge < -0.3 is 10.1 Å². The van der Waals surface area contributed by atoms with Gasteiger partial charge in [0.15, 0.2) is 0 Å². The molecule has 1 heterocycles. The molecule has 0 saturated heterocycles. The van der Waals surface area contributed by atoms with Gasteiger partial charge in [-0.25, -0.2) is 0 Å². The summed E-state index contributed by atoms with van der Waals surface area (Å²) in [6.07, 6.45) is 3.23. The number of rotatable bonds is 2. The number of aromatic hydroxyl groups is 1. The third kappa shape index (κ3) is 2.03. The molecule has 1 saturated carbocycles. The minimum absolute atomic E-state index is 0.167. The lowest BCUT2D eigenvalue weighted by atomic mass is 9.85. The summed E-state index contributed by atoms with van der Waals surface area (Å²) < 4.78 is 0. The van der Waals surface area contributed by atoms with Crippen molar-refractivity contribution in [2.24, 2.45) is 0 Å². The van der Waals surface area contributed by atoms with Gasteiger partial charge in [0.2, 0.25) is 5.88 Å². The van der Waals surface area contributed by atoms with E-state index in [2.05, 4.69) is 9.97 Å². The molecule has 4 nitrogen and oxygen atoms in total. The largest absolute Gasteiger partial charge is 0.493 e. The summed E-state index contributed by atoms with van der Waals surface area (Å²) >= 11 is 0.